The third-order valence-corrected chi connectivity index (χ3v) is 3.59. The van der Waals surface area contributed by atoms with E-state index in [2.05, 4.69) is 0 Å². The van der Waals surface area contributed by atoms with Crippen molar-refractivity contribution in [2.24, 2.45) is 5.92 Å². The molecule has 1 aliphatic rings. The SMILES string of the molecule is O=C(O)C(Cc1ccccc1F)CC1CCCCO1. The van der Waals surface area contributed by atoms with Crippen LogP contribution in [0.1, 0.15) is 31.2 Å². The molecule has 0 radical (unpaired) electrons. The van der Waals surface area contributed by atoms with Crippen molar-refractivity contribution in [2.45, 2.75) is 38.2 Å². The van der Waals surface area contributed by atoms with Gasteiger partial charge in [-0.2, -0.15) is 0 Å². The summed E-state index contributed by atoms with van der Waals surface area (Å²) in [5.41, 5.74) is 0.464. The van der Waals surface area contributed by atoms with Gasteiger partial charge in [-0.15, -0.1) is 0 Å². The van der Waals surface area contributed by atoms with E-state index in [4.69, 9.17) is 4.74 Å². The standard InChI is InChI=1S/C15H19FO3/c16-14-7-2-1-5-11(14)9-12(15(17)18)10-13-6-3-4-8-19-13/h1-2,5,7,12-13H,3-4,6,8-10H2,(H,17,18). The lowest BCUT2D eigenvalue weighted by molar-refractivity contribution is -0.143. The van der Waals surface area contributed by atoms with E-state index in [9.17, 15) is 14.3 Å². The highest BCUT2D eigenvalue weighted by Gasteiger charge is 2.25. The van der Waals surface area contributed by atoms with Crippen molar-refractivity contribution < 1.29 is 19.0 Å². The van der Waals surface area contributed by atoms with Crippen LogP contribution in [0.15, 0.2) is 24.3 Å². The summed E-state index contributed by atoms with van der Waals surface area (Å²) >= 11 is 0. The fourth-order valence-electron chi connectivity index (χ4n) is 2.51. The van der Waals surface area contributed by atoms with Gasteiger partial charge < -0.3 is 9.84 Å². The van der Waals surface area contributed by atoms with Gasteiger partial charge in [-0.05, 0) is 43.7 Å². The fraction of sp³-hybridized carbons (Fsp3) is 0.533. The maximum atomic E-state index is 13.6. The zero-order chi connectivity index (χ0) is 13.7. The van der Waals surface area contributed by atoms with E-state index in [0.29, 0.717) is 18.6 Å². The van der Waals surface area contributed by atoms with Crippen molar-refractivity contribution in [3.8, 4) is 0 Å². The summed E-state index contributed by atoms with van der Waals surface area (Å²) in [4.78, 5) is 11.3. The Morgan fingerprint density at radius 1 is 1.42 bits per heavy atom. The van der Waals surface area contributed by atoms with Crippen molar-refractivity contribution >= 4 is 5.97 Å². The van der Waals surface area contributed by atoms with E-state index in [1.54, 1.807) is 18.2 Å². The quantitative estimate of drug-likeness (QED) is 0.891. The number of ether oxygens (including phenoxy) is 1. The van der Waals surface area contributed by atoms with Gasteiger partial charge in [0.2, 0.25) is 0 Å². The van der Waals surface area contributed by atoms with Gasteiger partial charge >= 0.3 is 5.97 Å². The van der Waals surface area contributed by atoms with E-state index in [1.165, 1.54) is 6.07 Å². The lowest BCUT2D eigenvalue weighted by Crippen LogP contribution is -2.27. The van der Waals surface area contributed by atoms with Gasteiger partial charge in [0.25, 0.3) is 0 Å². The molecule has 0 spiro atoms. The minimum Gasteiger partial charge on any atom is -0.481 e. The molecular formula is C15H19FO3. The second-order valence-corrected chi connectivity index (χ2v) is 5.05. The van der Waals surface area contributed by atoms with Crippen LogP contribution in [-0.2, 0) is 16.0 Å². The summed E-state index contributed by atoms with van der Waals surface area (Å²) in [5.74, 6) is -1.80. The third-order valence-electron chi connectivity index (χ3n) is 3.59. The van der Waals surface area contributed by atoms with Crippen LogP contribution in [-0.4, -0.2) is 23.8 Å². The molecule has 1 N–H and O–H groups in total. The van der Waals surface area contributed by atoms with E-state index in [1.807, 2.05) is 0 Å². The Kier molecular flexibility index (Phi) is 4.91. The molecule has 0 aliphatic carbocycles. The molecule has 1 aromatic carbocycles. The third kappa shape index (κ3) is 4.03. The molecule has 3 nitrogen and oxygen atoms in total. The maximum absolute atomic E-state index is 13.6. The van der Waals surface area contributed by atoms with Crippen LogP contribution in [0.25, 0.3) is 0 Å². The molecule has 1 fully saturated rings. The molecule has 1 saturated heterocycles. The van der Waals surface area contributed by atoms with E-state index in [0.717, 1.165) is 19.3 Å². The summed E-state index contributed by atoms with van der Waals surface area (Å²) in [6, 6.07) is 6.35. The molecule has 2 rings (SSSR count). The number of carboxylic acids is 1. The molecule has 0 aromatic heterocycles. The van der Waals surface area contributed by atoms with Crippen LogP contribution < -0.4 is 0 Å². The molecule has 2 unspecified atom stereocenters. The molecule has 1 aliphatic heterocycles. The number of hydrogen-bond acceptors (Lipinski definition) is 2. The Hall–Kier alpha value is -1.42. The molecule has 0 bridgehead atoms. The molecule has 0 saturated carbocycles. The van der Waals surface area contributed by atoms with E-state index >= 15 is 0 Å². The first-order chi connectivity index (χ1) is 9.16. The van der Waals surface area contributed by atoms with E-state index in [-0.39, 0.29) is 18.3 Å². The first-order valence-electron chi connectivity index (χ1n) is 6.74. The Bertz CT molecular complexity index is 427. The highest BCUT2D eigenvalue weighted by Crippen LogP contribution is 2.23. The number of carbonyl (C=O) groups is 1. The topological polar surface area (TPSA) is 46.5 Å². The van der Waals surface area contributed by atoms with Crippen LogP contribution in [0.5, 0.6) is 0 Å². The Morgan fingerprint density at radius 3 is 2.84 bits per heavy atom. The van der Waals surface area contributed by atoms with Crippen LogP contribution in [0, 0.1) is 11.7 Å². The number of halogens is 1. The second-order valence-electron chi connectivity index (χ2n) is 5.05. The molecule has 1 aromatic rings. The molecule has 2 atom stereocenters. The fourth-order valence-corrected chi connectivity index (χ4v) is 2.51. The van der Waals surface area contributed by atoms with Gasteiger partial charge in [-0.1, -0.05) is 18.2 Å². The zero-order valence-corrected chi connectivity index (χ0v) is 10.8. The van der Waals surface area contributed by atoms with E-state index < -0.39 is 11.9 Å². The van der Waals surface area contributed by atoms with Crippen molar-refractivity contribution in [3.05, 3.63) is 35.6 Å². The van der Waals surface area contributed by atoms with Crippen LogP contribution >= 0.6 is 0 Å². The number of rotatable bonds is 5. The predicted octanol–water partition coefficient (Wildman–Crippen LogP) is 3.03. The second kappa shape index (κ2) is 6.66. The highest BCUT2D eigenvalue weighted by molar-refractivity contribution is 5.70. The summed E-state index contributed by atoms with van der Waals surface area (Å²) in [5, 5.41) is 9.28. The van der Waals surface area contributed by atoms with Gasteiger partial charge in [-0.25, -0.2) is 4.39 Å². The van der Waals surface area contributed by atoms with Gasteiger partial charge in [0.15, 0.2) is 0 Å². The lowest BCUT2D eigenvalue weighted by Gasteiger charge is -2.25. The summed E-state index contributed by atoms with van der Waals surface area (Å²) in [6.07, 6.45) is 3.71. The summed E-state index contributed by atoms with van der Waals surface area (Å²) in [6.45, 7) is 0.705. The van der Waals surface area contributed by atoms with Crippen LogP contribution in [0.3, 0.4) is 0 Å². The van der Waals surface area contributed by atoms with Gasteiger partial charge in [0.05, 0.1) is 12.0 Å². The Labute approximate surface area is 112 Å². The summed E-state index contributed by atoms with van der Waals surface area (Å²) < 4.78 is 19.1. The Morgan fingerprint density at radius 2 is 2.21 bits per heavy atom. The molecular weight excluding hydrogens is 247 g/mol. The van der Waals surface area contributed by atoms with Gasteiger partial charge in [0.1, 0.15) is 5.82 Å². The highest BCUT2D eigenvalue weighted by atomic mass is 19.1. The first-order valence-corrected chi connectivity index (χ1v) is 6.74. The minimum atomic E-state index is -0.877. The number of aliphatic carboxylic acids is 1. The van der Waals surface area contributed by atoms with Crippen molar-refractivity contribution in [3.63, 3.8) is 0 Å². The molecule has 0 amide bonds. The average molecular weight is 266 g/mol. The zero-order valence-electron chi connectivity index (χ0n) is 10.8. The Balaban J connectivity index is 2.00. The normalized spacial score (nSPS) is 21.0. The molecule has 1 heterocycles. The lowest BCUT2D eigenvalue weighted by atomic mass is 9.91. The van der Waals surface area contributed by atoms with Crippen molar-refractivity contribution in [1.29, 1.82) is 0 Å². The number of hydrogen-bond donors (Lipinski definition) is 1. The van der Waals surface area contributed by atoms with Gasteiger partial charge in [-0.3, -0.25) is 4.79 Å². The maximum Gasteiger partial charge on any atom is 0.306 e. The van der Waals surface area contributed by atoms with Crippen LogP contribution in [0.2, 0.25) is 0 Å². The minimum absolute atomic E-state index is 0.00150. The van der Waals surface area contributed by atoms with Crippen LogP contribution in [0.4, 0.5) is 4.39 Å². The smallest absolute Gasteiger partial charge is 0.306 e. The predicted molar refractivity (Wildman–Crippen MR) is 69.4 cm³/mol. The average Bonchev–Trinajstić information content (AvgIpc) is 2.41. The number of carboxylic acid groups (broad SMARTS) is 1. The molecule has 104 valence electrons. The molecule has 19 heavy (non-hydrogen) atoms. The monoisotopic (exact) mass is 266 g/mol. The molecule has 4 heteroatoms. The summed E-state index contributed by atoms with van der Waals surface area (Å²) in [7, 11) is 0. The first kappa shape index (κ1) is 14.0. The van der Waals surface area contributed by atoms with Crippen molar-refractivity contribution in [1.82, 2.24) is 0 Å². The van der Waals surface area contributed by atoms with Crippen molar-refractivity contribution in [2.75, 3.05) is 6.61 Å². The van der Waals surface area contributed by atoms with Gasteiger partial charge in [0, 0.05) is 6.61 Å². The number of benzene rings is 1. The largest absolute Gasteiger partial charge is 0.481 e.